The maximum absolute atomic E-state index is 12.2. The van der Waals surface area contributed by atoms with E-state index in [2.05, 4.69) is 4.90 Å². The Kier molecular flexibility index (Phi) is 6.52. The lowest BCUT2D eigenvalue weighted by atomic mass is 10.1. The van der Waals surface area contributed by atoms with Crippen LogP contribution in [0.4, 0.5) is 0 Å². The van der Waals surface area contributed by atoms with Gasteiger partial charge in [-0.05, 0) is 6.07 Å². The Balaban J connectivity index is 1.66. The summed E-state index contributed by atoms with van der Waals surface area (Å²) >= 11 is 0. The molecule has 2 aliphatic heterocycles. The molecule has 2 fully saturated rings. The Morgan fingerprint density at radius 2 is 2.11 bits per heavy atom. The molecule has 2 heterocycles. The van der Waals surface area contributed by atoms with Crippen molar-refractivity contribution in [2.45, 2.75) is 13.0 Å². The fourth-order valence-corrected chi connectivity index (χ4v) is 3.41. The Morgan fingerprint density at radius 1 is 1.33 bits per heavy atom. The predicted octanol–water partition coefficient (Wildman–Crippen LogP) is 0.839. The second-order valence-corrected chi connectivity index (χ2v) is 6.76. The maximum Gasteiger partial charge on any atom is 0.308 e. The van der Waals surface area contributed by atoms with Gasteiger partial charge < -0.3 is 24.2 Å². The van der Waals surface area contributed by atoms with Gasteiger partial charge in [-0.25, -0.2) is 0 Å². The lowest BCUT2D eigenvalue weighted by Gasteiger charge is -2.27. The first-order valence-corrected chi connectivity index (χ1v) is 9.18. The van der Waals surface area contributed by atoms with Crippen molar-refractivity contribution in [3.8, 4) is 11.5 Å². The lowest BCUT2D eigenvalue weighted by Crippen LogP contribution is -2.38. The van der Waals surface area contributed by atoms with E-state index in [1.165, 1.54) is 0 Å². The summed E-state index contributed by atoms with van der Waals surface area (Å²) in [5.74, 6) is -0.507. The van der Waals surface area contributed by atoms with Gasteiger partial charge in [-0.3, -0.25) is 14.5 Å². The highest BCUT2D eigenvalue weighted by Crippen LogP contribution is 2.33. The van der Waals surface area contributed by atoms with Crippen molar-refractivity contribution < 1.29 is 28.9 Å². The molecule has 1 aromatic carbocycles. The second-order valence-electron chi connectivity index (χ2n) is 6.76. The summed E-state index contributed by atoms with van der Waals surface area (Å²) in [6.07, 6.45) is 0.0481. The van der Waals surface area contributed by atoms with Gasteiger partial charge in [0.05, 0.1) is 26.2 Å². The van der Waals surface area contributed by atoms with Gasteiger partial charge >= 0.3 is 5.97 Å². The van der Waals surface area contributed by atoms with Crippen molar-refractivity contribution in [1.29, 1.82) is 0 Å². The Bertz CT molecular complexity index is 674. The first-order valence-electron chi connectivity index (χ1n) is 9.18. The molecule has 0 saturated carbocycles. The second kappa shape index (κ2) is 9.05. The number of amides is 1. The molecule has 1 N–H and O–H groups in total. The van der Waals surface area contributed by atoms with E-state index in [0.717, 1.165) is 38.4 Å². The number of methoxy groups -OCH3 is 1. The number of rotatable bonds is 8. The molecule has 0 radical (unpaired) electrons. The minimum absolute atomic E-state index is 0.0481. The molecule has 0 aromatic heterocycles. The van der Waals surface area contributed by atoms with E-state index in [1.54, 1.807) is 12.0 Å². The molecule has 2 saturated heterocycles. The normalized spacial score (nSPS) is 20.7. The molecule has 1 amide bonds. The van der Waals surface area contributed by atoms with E-state index >= 15 is 0 Å². The van der Waals surface area contributed by atoms with Gasteiger partial charge in [0.15, 0.2) is 11.5 Å². The topological polar surface area (TPSA) is 88.5 Å². The zero-order chi connectivity index (χ0) is 19.2. The zero-order valence-corrected chi connectivity index (χ0v) is 15.6. The smallest absolute Gasteiger partial charge is 0.308 e. The summed E-state index contributed by atoms with van der Waals surface area (Å²) in [7, 11) is 1.58. The molecule has 27 heavy (non-hydrogen) atoms. The molecule has 0 aliphatic carbocycles. The number of benzene rings is 1. The van der Waals surface area contributed by atoms with Crippen molar-refractivity contribution in [3.63, 3.8) is 0 Å². The van der Waals surface area contributed by atoms with Crippen LogP contribution in [0.3, 0.4) is 0 Å². The highest BCUT2D eigenvalue weighted by atomic mass is 16.5. The van der Waals surface area contributed by atoms with E-state index in [1.807, 2.05) is 18.2 Å². The van der Waals surface area contributed by atoms with Crippen LogP contribution in [-0.2, 0) is 20.9 Å². The van der Waals surface area contributed by atoms with Crippen molar-refractivity contribution in [3.05, 3.63) is 23.8 Å². The third-order valence-electron chi connectivity index (χ3n) is 4.96. The largest absolute Gasteiger partial charge is 0.493 e. The van der Waals surface area contributed by atoms with Crippen LogP contribution in [0.1, 0.15) is 12.0 Å². The highest BCUT2D eigenvalue weighted by molar-refractivity contribution is 5.86. The third kappa shape index (κ3) is 4.90. The standard InChI is InChI=1S/C19H26N2O6/c1-25-16-4-2-3-14(12-21-13-15(19(23)24)11-17(21)22)18(16)27-10-7-20-5-8-26-9-6-20/h2-4,15H,5-13H2,1H3,(H,23,24). The number of carboxylic acids is 1. The minimum atomic E-state index is -0.932. The number of aliphatic carboxylic acids is 1. The van der Waals surface area contributed by atoms with Crippen molar-refractivity contribution in [2.75, 3.05) is 53.1 Å². The van der Waals surface area contributed by atoms with Crippen LogP contribution in [0.25, 0.3) is 0 Å². The van der Waals surface area contributed by atoms with Crippen LogP contribution in [0.5, 0.6) is 11.5 Å². The van der Waals surface area contributed by atoms with Gasteiger partial charge in [0.2, 0.25) is 5.91 Å². The van der Waals surface area contributed by atoms with Gasteiger partial charge in [-0.2, -0.15) is 0 Å². The van der Waals surface area contributed by atoms with E-state index in [0.29, 0.717) is 24.7 Å². The Hall–Kier alpha value is -2.32. The number of likely N-dealkylation sites (tertiary alicyclic amines) is 1. The number of carbonyl (C=O) groups excluding carboxylic acids is 1. The van der Waals surface area contributed by atoms with Gasteiger partial charge in [-0.15, -0.1) is 0 Å². The van der Waals surface area contributed by atoms with Crippen molar-refractivity contribution in [2.24, 2.45) is 5.92 Å². The number of carbonyl (C=O) groups is 2. The number of carboxylic acid groups (broad SMARTS) is 1. The first-order chi connectivity index (χ1) is 13.1. The van der Waals surface area contributed by atoms with E-state index < -0.39 is 11.9 Å². The number of morpholine rings is 1. The molecule has 2 aliphatic rings. The molecule has 8 heteroatoms. The number of hydrogen-bond acceptors (Lipinski definition) is 6. The summed E-state index contributed by atoms with van der Waals surface area (Å²) in [6, 6.07) is 5.55. The summed E-state index contributed by atoms with van der Waals surface area (Å²) in [5, 5.41) is 9.15. The molecular formula is C19H26N2O6. The average molecular weight is 378 g/mol. The molecule has 148 valence electrons. The van der Waals surface area contributed by atoms with Crippen LogP contribution in [0.2, 0.25) is 0 Å². The minimum Gasteiger partial charge on any atom is -0.493 e. The SMILES string of the molecule is COc1cccc(CN2CC(C(=O)O)CC2=O)c1OCCN1CCOCC1. The van der Waals surface area contributed by atoms with Crippen LogP contribution < -0.4 is 9.47 Å². The van der Waals surface area contributed by atoms with Gasteiger partial charge in [0.1, 0.15) is 6.61 Å². The monoisotopic (exact) mass is 378 g/mol. The molecule has 3 rings (SSSR count). The first kappa shape index (κ1) is 19.4. The van der Waals surface area contributed by atoms with Crippen molar-refractivity contribution >= 4 is 11.9 Å². The third-order valence-corrected chi connectivity index (χ3v) is 4.96. The summed E-state index contributed by atoms with van der Waals surface area (Å²) in [6.45, 7) is 5.07. The van der Waals surface area contributed by atoms with Gasteiger partial charge in [-0.1, -0.05) is 12.1 Å². The molecule has 0 spiro atoms. The van der Waals surface area contributed by atoms with Gasteiger partial charge in [0.25, 0.3) is 0 Å². The fraction of sp³-hybridized carbons (Fsp3) is 0.579. The Morgan fingerprint density at radius 3 is 2.78 bits per heavy atom. The quantitative estimate of drug-likeness (QED) is 0.717. The summed E-state index contributed by atoms with van der Waals surface area (Å²) in [5.41, 5.74) is 0.815. The average Bonchev–Trinajstić information content (AvgIpc) is 3.04. The van der Waals surface area contributed by atoms with E-state index in [9.17, 15) is 9.59 Å². The maximum atomic E-state index is 12.2. The number of ether oxygens (including phenoxy) is 3. The van der Waals surface area contributed by atoms with Crippen LogP contribution in [-0.4, -0.2) is 79.9 Å². The molecule has 8 nitrogen and oxygen atoms in total. The van der Waals surface area contributed by atoms with Crippen molar-refractivity contribution in [1.82, 2.24) is 9.80 Å². The summed E-state index contributed by atoms with van der Waals surface area (Å²) < 4.78 is 16.8. The summed E-state index contributed by atoms with van der Waals surface area (Å²) in [4.78, 5) is 27.2. The van der Waals surface area contributed by atoms with Crippen LogP contribution >= 0.6 is 0 Å². The van der Waals surface area contributed by atoms with Crippen LogP contribution in [0.15, 0.2) is 18.2 Å². The highest BCUT2D eigenvalue weighted by Gasteiger charge is 2.34. The number of hydrogen-bond donors (Lipinski definition) is 1. The Labute approximate surface area is 158 Å². The molecule has 1 atom stereocenters. The lowest BCUT2D eigenvalue weighted by molar-refractivity contribution is -0.141. The molecule has 0 bridgehead atoms. The zero-order valence-electron chi connectivity index (χ0n) is 15.6. The van der Waals surface area contributed by atoms with Gasteiger partial charge in [0, 0.05) is 44.7 Å². The number of para-hydroxylation sites is 1. The molecule has 1 aromatic rings. The molecular weight excluding hydrogens is 352 g/mol. The van der Waals surface area contributed by atoms with E-state index in [4.69, 9.17) is 19.3 Å². The van der Waals surface area contributed by atoms with Crippen LogP contribution in [0, 0.1) is 5.92 Å². The fourth-order valence-electron chi connectivity index (χ4n) is 3.41. The van der Waals surface area contributed by atoms with E-state index in [-0.39, 0.29) is 18.9 Å². The number of nitrogens with zero attached hydrogens (tertiary/aromatic N) is 2. The molecule has 1 unspecified atom stereocenters. The predicted molar refractivity (Wildman–Crippen MR) is 96.9 cm³/mol.